The maximum atomic E-state index is 12.9. The van der Waals surface area contributed by atoms with Crippen molar-refractivity contribution in [2.45, 2.75) is 18.0 Å². The molecule has 0 aliphatic heterocycles. The maximum Gasteiger partial charge on any atom is 0.263 e. The van der Waals surface area contributed by atoms with E-state index >= 15 is 0 Å². The van der Waals surface area contributed by atoms with Gasteiger partial charge in [-0.1, -0.05) is 41.6 Å². The number of benzene rings is 1. The van der Waals surface area contributed by atoms with Gasteiger partial charge in [-0.05, 0) is 12.0 Å². The lowest BCUT2D eigenvalue weighted by Crippen LogP contribution is -2.26. The minimum atomic E-state index is -0.0617. The molecule has 128 valence electrons. The van der Waals surface area contributed by atoms with E-state index in [1.54, 1.807) is 23.4 Å². The van der Waals surface area contributed by atoms with Crippen molar-refractivity contribution < 1.29 is 4.79 Å². The van der Waals surface area contributed by atoms with E-state index in [1.165, 1.54) is 11.3 Å². The van der Waals surface area contributed by atoms with E-state index in [-0.39, 0.29) is 5.56 Å². The smallest absolute Gasteiger partial charge is 0.263 e. The first-order chi connectivity index (χ1) is 12.0. The highest BCUT2D eigenvalue weighted by molar-refractivity contribution is 7.99. The number of Topliss-reactive ketones (excluding diaryl/α,β-unsaturated/α-hetero) is 1. The van der Waals surface area contributed by atoms with Gasteiger partial charge < -0.3 is 0 Å². The zero-order chi connectivity index (χ0) is 17.6. The highest BCUT2D eigenvalue weighted by Crippen LogP contribution is 2.36. The highest BCUT2D eigenvalue weighted by atomic mass is 35.5. The fraction of sp³-hybridized carbons (Fsp3) is 0.278. The van der Waals surface area contributed by atoms with Gasteiger partial charge in [0.25, 0.3) is 5.56 Å². The van der Waals surface area contributed by atoms with E-state index < -0.39 is 0 Å². The Morgan fingerprint density at radius 3 is 2.76 bits per heavy atom. The molecule has 2 heterocycles. The molecular weight excluding hydrogens is 376 g/mol. The summed E-state index contributed by atoms with van der Waals surface area (Å²) in [6.45, 7) is 0. The molecular formula is C18H15ClN2O2S2. The van der Waals surface area contributed by atoms with Crippen LogP contribution in [0, 0.1) is 5.92 Å². The van der Waals surface area contributed by atoms with E-state index in [9.17, 15) is 9.59 Å². The van der Waals surface area contributed by atoms with Crippen LogP contribution < -0.4 is 5.56 Å². The Morgan fingerprint density at radius 2 is 2.04 bits per heavy atom. The van der Waals surface area contributed by atoms with E-state index in [0.717, 1.165) is 21.7 Å². The predicted octanol–water partition coefficient (Wildman–Crippen LogP) is 4.39. The van der Waals surface area contributed by atoms with Gasteiger partial charge in [0.2, 0.25) is 0 Å². The summed E-state index contributed by atoms with van der Waals surface area (Å²) in [5, 5.41) is 3.88. The minimum absolute atomic E-state index is 0.0617. The summed E-state index contributed by atoms with van der Waals surface area (Å²) in [7, 11) is 1.75. The molecule has 1 aliphatic rings. The van der Waals surface area contributed by atoms with Crippen molar-refractivity contribution in [3.8, 4) is 11.1 Å². The van der Waals surface area contributed by atoms with Crippen LogP contribution in [0.25, 0.3) is 21.3 Å². The Hall–Kier alpha value is -1.63. The summed E-state index contributed by atoms with van der Waals surface area (Å²) in [4.78, 5) is 29.4. The zero-order valence-corrected chi connectivity index (χ0v) is 15.9. The van der Waals surface area contributed by atoms with Crippen molar-refractivity contribution in [1.82, 2.24) is 9.55 Å². The third-order valence-electron chi connectivity index (χ3n) is 4.42. The molecule has 2 aromatic heterocycles. The lowest BCUT2D eigenvalue weighted by molar-refractivity contribution is -0.126. The minimum Gasteiger partial charge on any atom is -0.300 e. The van der Waals surface area contributed by atoms with E-state index in [4.69, 9.17) is 11.6 Å². The second kappa shape index (κ2) is 6.59. The van der Waals surface area contributed by atoms with E-state index in [1.807, 2.05) is 29.6 Å². The van der Waals surface area contributed by atoms with Crippen molar-refractivity contribution in [1.29, 1.82) is 0 Å². The molecule has 0 spiro atoms. The van der Waals surface area contributed by atoms with Gasteiger partial charge in [-0.15, -0.1) is 11.3 Å². The number of thiophene rings is 1. The summed E-state index contributed by atoms with van der Waals surface area (Å²) in [5.74, 6) is 1.55. The molecule has 25 heavy (non-hydrogen) atoms. The quantitative estimate of drug-likeness (QED) is 0.489. The highest BCUT2D eigenvalue weighted by Gasteiger charge is 2.27. The first-order valence-corrected chi connectivity index (χ1v) is 10.2. The molecule has 4 rings (SSSR count). The lowest BCUT2D eigenvalue weighted by atomic mass is 9.86. The molecule has 3 aromatic rings. The van der Waals surface area contributed by atoms with Gasteiger partial charge in [0, 0.05) is 47.2 Å². The molecule has 1 fully saturated rings. The Balaban J connectivity index is 1.73. The first kappa shape index (κ1) is 16.8. The number of carbonyl (C=O) groups excluding carboxylic acids is 1. The SMILES string of the molecule is Cn1c(SCC2CC(=O)C2)nc2scc(-c3ccccc3Cl)c2c1=O. The van der Waals surface area contributed by atoms with Crippen LogP contribution in [0.4, 0.5) is 0 Å². The van der Waals surface area contributed by atoms with Crippen LogP contribution >= 0.6 is 34.7 Å². The molecule has 4 nitrogen and oxygen atoms in total. The largest absolute Gasteiger partial charge is 0.300 e. The summed E-state index contributed by atoms with van der Waals surface area (Å²) < 4.78 is 1.60. The average Bonchev–Trinajstić information content (AvgIpc) is 2.99. The maximum absolute atomic E-state index is 12.9. The van der Waals surface area contributed by atoms with Crippen LogP contribution in [0.1, 0.15) is 12.8 Å². The van der Waals surface area contributed by atoms with Crippen LogP contribution in [0.3, 0.4) is 0 Å². The zero-order valence-electron chi connectivity index (χ0n) is 13.5. The first-order valence-electron chi connectivity index (χ1n) is 7.92. The molecule has 0 N–H and O–H groups in total. The third kappa shape index (κ3) is 3.03. The van der Waals surface area contributed by atoms with Crippen LogP contribution in [-0.2, 0) is 11.8 Å². The number of ketones is 1. The number of thioether (sulfide) groups is 1. The van der Waals surface area contributed by atoms with Gasteiger partial charge in [-0.25, -0.2) is 4.98 Å². The number of hydrogen-bond donors (Lipinski definition) is 0. The number of halogens is 1. The molecule has 0 amide bonds. The van der Waals surface area contributed by atoms with Gasteiger partial charge in [-0.3, -0.25) is 14.2 Å². The molecule has 0 atom stereocenters. The van der Waals surface area contributed by atoms with Crippen molar-refractivity contribution in [3.05, 3.63) is 45.0 Å². The van der Waals surface area contributed by atoms with Crippen molar-refractivity contribution in [2.24, 2.45) is 13.0 Å². The molecule has 7 heteroatoms. The standard InChI is InChI=1S/C18H15ClN2O2S2/c1-21-17(23)15-13(12-4-2-3-5-14(12)19)9-24-16(15)20-18(21)25-8-10-6-11(22)7-10/h2-5,9-10H,6-8H2,1H3. The molecule has 0 unspecified atom stereocenters. The number of hydrogen-bond acceptors (Lipinski definition) is 5. The second-order valence-corrected chi connectivity index (χ2v) is 8.44. The number of nitrogens with zero attached hydrogens (tertiary/aromatic N) is 2. The molecule has 0 bridgehead atoms. The van der Waals surface area contributed by atoms with Crippen LogP contribution in [0.5, 0.6) is 0 Å². The predicted molar refractivity (Wildman–Crippen MR) is 104 cm³/mol. The molecule has 1 aliphatic carbocycles. The van der Waals surface area contributed by atoms with Crippen LogP contribution in [0.2, 0.25) is 5.02 Å². The summed E-state index contributed by atoms with van der Waals surface area (Å²) in [6.07, 6.45) is 1.30. The van der Waals surface area contributed by atoms with Crippen molar-refractivity contribution in [2.75, 3.05) is 5.75 Å². The van der Waals surface area contributed by atoms with Gasteiger partial charge in [0.05, 0.1) is 5.39 Å². The van der Waals surface area contributed by atoms with Crippen molar-refractivity contribution in [3.63, 3.8) is 0 Å². The van der Waals surface area contributed by atoms with Crippen LogP contribution in [0.15, 0.2) is 39.6 Å². The fourth-order valence-electron chi connectivity index (χ4n) is 2.95. The van der Waals surface area contributed by atoms with Gasteiger partial charge in [0.15, 0.2) is 5.16 Å². The topological polar surface area (TPSA) is 52.0 Å². The Bertz CT molecular complexity index is 1030. The molecule has 1 aromatic carbocycles. The van der Waals surface area contributed by atoms with Crippen molar-refractivity contribution >= 4 is 50.7 Å². The third-order valence-corrected chi connectivity index (χ3v) is 6.88. The van der Waals surface area contributed by atoms with E-state index in [0.29, 0.717) is 40.1 Å². The van der Waals surface area contributed by atoms with Gasteiger partial charge in [-0.2, -0.15) is 0 Å². The average molecular weight is 391 g/mol. The number of aromatic nitrogens is 2. The molecule has 0 saturated heterocycles. The number of carbonyl (C=O) groups is 1. The van der Waals surface area contributed by atoms with Gasteiger partial charge >= 0.3 is 0 Å². The molecule has 0 radical (unpaired) electrons. The number of fused-ring (bicyclic) bond motifs is 1. The summed E-state index contributed by atoms with van der Waals surface area (Å²) in [5.41, 5.74) is 1.62. The summed E-state index contributed by atoms with van der Waals surface area (Å²) >= 11 is 9.31. The van der Waals surface area contributed by atoms with Gasteiger partial charge in [0.1, 0.15) is 10.6 Å². The normalized spacial score (nSPS) is 14.9. The lowest BCUT2D eigenvalue weighted by Gasteiger charge is -2.23. The summed E-state index contributed by atoms with van der Waals surface area (Å²) in [6, 6.07) is 7.52. The Kier molecular flexibility index (Phi) is 4.43. The Labute approximate surface area is 157 Å². The van der Waals surface area contributed by atoms with Crippen LogP contribution in [-0.4, -0.2) is 21.1 Å². The number of rotatable bonds is 4. The molecule has 1 saturated carbocycles. The monoisotopic (exact) mass is 390 g/mol. The van der Waals surface area contributed by atoms with E-state index in [2.05, 4.69) is 4.98 Å². The second-order valence-electron chi connectivity index (χ2n) is 6.19. The Morgan fingerprint density at radius 1 is 1.28 bits per heavy atom. The fourth-order valence-corrected chi connectivity index (χ4v) is 5.23.